The Morgan fingerprint density at radius 3 is 2.52 bits per heavy atom. The Hall–Kier alpha value is -1.23. The van der Waals surface area contributed by atoms with Crippen LogP contribution in [-0.4, -0.2) is 31.4 Å². The fourth-order valence-electron chi connectivity index (χ4n) is 3.18. The lowest BCUT2D eigenvalue weighted by molar-refractivity contribution is 0.0833. The second-order valence-electron chi connectivity index (χ2n) is 6.59. The van der Waals surface area contributed by atoms with Crippen molar-refractivity contribution in [3.63, 3.8) is 0 Å². The first-order chi connectivity index (χ1) is 10.1. The summed E-state index contributed by atoms with van der Waals surface area (Å²) in [5.41, 5.74) is 8.22. The summed E-state index contributed by atoms with van der Waals surface area (Å²) in [6, 6.07) is 0. The summed E-state index contributed by atoms with van der Waals surface area (Å²) in [6.07, 6.45) is 7.78. The van der Waals surface area contributed by atoms with Crippen LogP contribution in [0.1, 0.15) is 59.7 Å². The molecule has 0 spiro atoms. The Kier molecular flexibility index (Phi) is 4.11. The second-order valence-corrected chi connectivity index (χ2v) is 7.61. The lowest BCUT2D eigenvalue weighted by Crippen LogP contribution is -2.21. The fraction of sp³-hybridized carbons (Fsp3) is 0.688. The minimum atomic E-state index is 0.0216. The zero-order valence-corrected chi connectivity index (χ0v) is 13.8. The van der Waals surface area contributed by atoms with Crippen LogP contribution in [0.25, 0.3) is 0 Å². The molecule has 2 saturated carbocycles. The second kappa shape index (κ2) is 5.87. The maximum absolute atomic E-state index is 12.3. The molecule has 3 N–H and O–H groups in total. The van der Waals surface area contributed by atoms with Crippen LogP contribution in [0.4, 0.5) is 10.7 Å². The average Bonchev–Trinajstić information content (AvgIpc) is 3.04. The van der Waals surface area contributed by atoms with E-state index < -0.39 is 0 Å². The molecule has 0 unspecified atom stereocenters. The number of hydrogen-bond acceptors (Lipinski definition) is 4. The van der Waals surface area contributed by atoms with E-state index in [1.54, 1.807) is 30.3 Å². The van der Waals surface area contributed by atoms with Crippen LogP contribution in [0.5, 0.6) is 0 Å². The van der Waals surface area contributed by atoms with Gasteiger partial charge in [0.15, 0.2) is 0 Å². The van der Waals surface area contributed by atoms with Crippen molar-refractivity contribution in [1.82, 2.24) is 4.90 Å². The van der Waals surface area contributed by atoms with Crippen LogP contribution in [0, 0.1) is 5.92 Å². The summed E-state index contributed by atoms with van der Waals surface area (Å²) >= 11 is 1.55. The Balaban J connectivity index is 1.80. The Morgan fingerprint density at radius 2 is 1.95 bits per heavy atom. The molecule has 2 aliphatic rings. The molecule has 0 bridgehead atoms. The first kappa shape index (κ1) is 14.7. The summed E-state index contributed by atoms with van der Waals surface area (Å²) in [6.45, 7) is 1.02. The van der Waals surface area contributed by atoms with E-state index in [1.807, 2.05) is 0 Å². The number of rotatable bonds is 5. The molecule has 0 saturated heterocycles. The van der Waals surface area contributed by atoms with Gasteiger partial charge in [-0.3, -0.25) is 4.79 Å². The van der Waals surface area contributed by atoms with Gasteiger partial charge in [-0.05, 0) is 37.5 Å². The molecule has 0 aliphatic heterocycles. The van der Waals surface area contributed by atoms with Gasteiger partial charge >= 0.3 is 0 Å². The van der Waals surface area contributed by atoms with E-state index in [1.165, 1.54) is 44.1 Å². The third-order valence-electron chi connectivity index (χ3n) is 4.60. The molecule has 116 valence electrons. The van der Waals surface area contributed by atoms with Gasteiger partial charge < -0.3 is 16.0 Å². The van der Waals surface area contributed by atoms with Crippen molar-refractivity contribution < 1.29 is 4.79 Å². The molecule has 2 fully saturated rings. The van der Waals surface area contributed by atoms with Crippen LogP contribution in [0.15, 0.2) is 0 Å². The monoisotopic (exact) mass is 307 g/mol. The van der Waals surface area contributed by atoms with E-state index in [0.717, 1.165) is 23.2 Å². The lowest BCUT2D eigenvalue weighted by atomic mass is 10.1. The SMILES string of the molecule is CN(C)C(=O)c1sc(NCC2CCCC2)c(C2CC2)c1N. The summed E-state index contributed by atoms with van der Waals surface area (Å²) in [4.78, 5) is 14.6. The molecule has 0 radical (unpaired) electrons. The Bertz CT molecular complexity index is 528. The van der Waals surface area contributed by atoms with Crippen LogP contribution in [0.2, 0.25) is 0 Å². The summed E-state index contributed by atoms with van der Waals surface area (Å²) < 4.78 is 0. The molecule has 1 aromatic rings. The maximum atomic E-state index is 12.3. The van der Waals surface area contributed by atoms with Crippen molar-refractivity contribution in [3.8, 4) is 0 Å². The Labute approximate surface area is 130 Å². The van der Waals surface area contributed by atoms with Gasteiger partial charge in [-0.2, -0.15) is 0 Å². The number of hydrogen-bond donors (Lipinski definition) is 2. The standard InChI is InChI=1S/C16H25N3OS/c1-19(2)16(20)14-13(17)12(11-7-8-11)15(21-14)18-9-10-5-3-4-6-10/h10-11,18H,3-9,17H2,1-2H3. The van der Waals surface area contributed by atoms with Gasteiger partial charge in [0.25, 0.3) is 5.91 Å². The molecule has 1 aromatic heterocycles. The molecule has 21 heavy (non-hydrogen) atoms. The largest absolute Gasteiger partial charge is 0.397 e. The Morgan fingerprint density at radius 1 is 1.29 bits per heavy atom. The third kappa shape index (κ3) is 3.03. The van der Waals surface area contributed by atoms with E-state index in [9.17, 15) is 4.79 Å². The molecule has 1 heterocycles. The summed E-state index contributed by atoms with van der Waals surface area (Å²) in [5, 5.41) is 4.74. The van der Waals surface area contributed by atoms with E-state index >= 15 is 0 Å². The molecular weight excluding hydrogens is 282 g/mol. The highest BCUT2D eigenvalue weighted by Gasteiger charge is 2.33. The number of nitrogens with zero attached hydrogens (tertiary/aromatic N) is 1. The lowest BCUT2D eigenvalue weighted by Gasteiger charge is -2.12. The minimum absolute atomic E-state index is 0.0216. The van der Waals surface area contributed by atoms with Crippen molar-refractivity contribution in [3.05, 3.63) is 10.4 Å². The summed E-state index contributed by atoms with van der Waals surface area (Å²) in [7, 11) is 3.56. The molecule has 5 heteroatoms. The quantitative estimate of drug-likeness (QED) is 0.875. The van der Waals surface area contributed by atoms with Crippen molar-refractivity contribution in [2.45, 2.75) is 44.4 Å². The van der Waals surface area contributed by atoms with Gasteiger partial charge in [0, 0.05) is 26.2 Å². The van der Waals surface area contributed by atoms with Gasteiger partial charge in [0.2, 0.25) is 0 Å². The number of thiophene rings is 1. The number of nitrogens with one attached hydrogen (secondary N) is 1. The number of nitrogens with two attached hydrogens (primary N) is 1. The molecule has 3 rings (SSSR count). The molecule has 1 amide bonds. The number of anilines is 2. The average molecular weight is 307 g/mol. The minimum Gasteiger partial charge on any atom is -0.397 e. The highest BCUT2D eigenvalue weighted by Crippen LogP contribution is 2.51. The smallest absolute Gasteiger partial charge is 0.265 e. The first-order valence-electron chi connectivity index (χ1n) is 7.95. The van der Waals surface area contributed by atoms with Crippen LogP contribution in [-0.2, 0) is 0 Å². The highest BCUT2D eigenvalue weighted by molar-refractivity contribution is 7.18. The number of carbonyl (C=O) groups excluding carboxylic acids is 1. The van der Waals surface area contributed by atoms with Crippen molar-refractivity contribution in [1.29, 1.82) is 0 Å². The van der Waals surface area contributed by atoms with E-state index in [4.69, 9.17) is 5.73 Å². The zero-order chi connectivity index (χ0) is 15.0. The van der Waals surface area contributed by atoms with Gasteiger partial charge in [-0.1, -0.05) is 12.8 Å². The van der Waals surface area contributed by atoms with Gasteiger partial charge in [-0.15, -0.1) is 11.3 Å². The number of amides is 1. The van der Waals surface area contributed by atoms with E-state index in [0.29, 0.717) is 10.8 Å². The van der Waals surface area contributed by atoms with Gasteiger partial charge in [0.1, 0.15) is 4.88 Å². The van der Waals surface area contributed by atoms with E-state index in [2.05, 4.69) is 5.32 Å². The van der Waals surface area contributed by atoms with Gasteiger partial charge in [0.05, 0.1) is 10.7 Å². The van der Waals surface area contributed by atoms with Crippen molar-refractivity contribution in [2.75, 3.05) is 31.7 Å². The van der Waals surface area contributed by atoms with Crippen LogP contribution < -0.4 is 11.1 Å². The molecule has 0 aromatic carbocycles. The van der Waals surface area contributed by atoms with Gasteiger partial charge in [-0.25, -0.2) is 0 Å². The van der Waals surface area contributed by atoms with Crippen molar-refractivity contribution in [2.24, 2.45) is 5.92 Å². The van der Waals surface area contributed by atoms with Crippen LogP contribution >= 0.6 is 11.3 Å². The predicted molar refractivity (Wildman–Crippen MR) is 89.2 cm³/mol. The molecular formula is C16H25N3OS. The molecule has 4 nitrogen and oxygen atoms in total. The fourth-order valence-corrected chi connectivity index (χ4v) is 4.41. The number of nitrogen functional groups attached to an aromatic ring is 1. The highest BCUT2D eigenvalue weighted by atomic mass is 32.1. The normalized spacial score (nSPS) is 19.0. The maximum Gasteiger partial charge on any atom is 0.265 e. The third-order valence-corrected chi connectivity index (χ3v) is 5.76. The first-order valence-corrected chi connectivity index (χ1v) is 8.77. The summed E-state index contributed by atoms with van der Waals surface area (Å²) in [5.74, 6) is 1.37. The zero-order valence-electron chi connectivity index (χ0n) is 12.9. The van der Waals surface area contributed by atoms with Crippen molar-refractivity contribution >= 4 is 27.9 Å². The van der Waals surface area contributed by atoms with E-state index in [-0.39, 0.29) is 5.91 Å². The predicted octanol–water partition coefficient (Wildman–Crippen LogP) is 3.51. The van der Waals surface area contributed by atoms with Crippen LogP contribution in [0.3, 0.4) is 0 Å². The topological polar surface area (TPSA) is 58.4 Å². The molecule has 2 aliphatic carbocycles. The molecule has 0 atom stereocenters. The number of carbonyl (C=O) groups is 1.